The summed E-state index contributed by atoms with van der Waals surface area (Å²) >= 11 is 0. The number of pyridine rings is 1. The summed E-state index contributed by atoms with van der Waals surface area (Å²) in [5.74, 6) is 2.53. The van der Waals surface area contributed by atoms with E-state index in [1.165, 1.54) is 38.5 Å². The maximum atomic E-state index is 13.1. The minimum Gasteiger partial charge on any atom is -0.378 e. The highest BCUT2D eigenvalue weighted by Gasteiger charge is 2.51. The predicted octanol–water partition coefficient (Wildman–Crippen LogP) is 3.35. The summed E-state index contributed by atoms with van der Waals surface area (Å²) in [6.45, 7) is 2.29. The number of carbonyl (C=O) groups is 2. The van der Waals surface area contributed by atoms with Crippen molar-refractivity contribution >= 4 is 23.0 Å². The van der Waals surface area contributed by atoms with Gasteiger partial charge in [-0.15, -0.1) is 0 Å². The first-order valence-electron chi connectivity index (χ1n) is 11.7. The van der Waals surface area contributed by atoms with Crippen molar-refractivity contribution in [1.29, 1.82) is 0 Å². The summed E-state index contributed by atoms with van der Waals surface area (Å²) in [6.07, 6.45) is 10.3. The summed E-state index contributed by atoms with van der Waals surface area (Å²) in [5.41, 5.74) is 2.11. The smallest absolute Gasteiger partial charge is 0.274 e. The Bertz CT molecular complexity index is 988. The van der Waals surface area contributed by atoms with Crippen molar-refractivity contribution in [2.45, 2.75) is 44.9 Å². The van der Waals surface area contributed by atoms with Gasteiger partial charge < -0.3 is 15.0 Å². The monoisotopic (exact) mass is 422 g/mol. The fraction of sp³-hybridized carbons (Fsp3) is 0.625. The van der Waals surface area contributed by atoms with E-state index in [0.29, 0.717) is 38.4 Å². The van der Waals surface area contributed by atoms with Crippen LogP contribution in [0.1, 0.15) is 55.4 Å². The number of nitrogens with one attached hydrogen (secondary N) is 1. The van der Waals surface area contributed by atoms with Gasteiger partial charge in [0.25, 0.3) is 5.91 Å². The maximum absolute atomic E-state index is 13.1. The third-order valence-corrected chi connectivity index (χ3v) is 7.99. The SMILES string of the molecule is O=C(CC12CC3CC(CC(C3)C1)C2)Nc1cccn2nc(C(=O)N3CCOCC3)cc12. The standard InChI is InChI=1S/C24H30N4O3/c29-22(15-24-12-16-8-17(13-24)10-18(9-16)14-24)25-19-2-1-3-28-21(19)11-20(26-28)23(30)27-4-6-31-7-5-27/h1-3,11,16-18H,4-10,12-15H2,(H,25,29). The molecule has 164 valence electrons. The van der Waals surface area contributed by atoms with Crippen molar-refractivity contribution in [3.05, 3.63) is 30.1 Å². The molecule has 3 heterocycles. The number of hydrogen-bond acceptors (Lipinski definition) is 4. The van der Waals surface area contributed by atoms with Crippen molar-refractivity contribution < 1.29 is 14.3 Å². The number of ether oxygens (including phenoxy) is 1. The van der Waals surface area contributed by atoms with Crippen LogP contribution in [0.2, 0.25) is 0 Å². The molecule has 4 aliphatic carbocycles. The van der Waals surface area contributed by atoms with Gasteiger partial charge in [-0.25, -0.2) is 4.52 Å². The van der Waals surface area contributed by atoms with Crippen LogP contribution >= 0.6 is 0 Å². The number of anilines is 1. The molecule has 0 aromatic carbocycles. The third kappa shape index (κ3) is 3.53. The minimum atomic E-state index is -0.0853. The number of aromatic nitrogens is 2. The van der Waals surface area contributed by atoms with E-state index in [1.807, 2.05) is 18.3 Å². The number of nitrogens with zero attached hydrogens (tertiary/aromatic N) is 3. The molecule has 0 unspecified atom stereocenters. The third-order valence-electron chi connectivity index (χ3n) is 7.99. The second-order valence-corrected chi connectivity index (χ2v) is 10.3. The Kier molecular flexibility index (Phi) is 4.56. The number of carbonyl (C=O) groups excluding carboxylic acids is 2. The molecule has 0 atom stereocenters. The molecular formula is C24H30N4O3. The maximum Gasteiger partial charge on any atom is 0.274 e. The Morgan fingerprint density at radius 2 is 1.77 bits per heavy atom. The molecule has 7 nitrogen and oxygen atoms in total. The van der Waals surface area contributed by atoms with Crippen molar-refractivity contribution in [2.75, 3.05) is 31.6 Å². The first kappa shape index (κ1) is 19.3. The molecule has 0 radical (unpaired) electrons. The van der Waals surface area contributed by atoms with Gasteiger partial charge in [0.15, 0.2) is 5.69 Å². The average Bonchev–Trinajstić information content (AvgIpc) is 3.18. The molecule has 4 saturated carbocycles. The number of hydrogen-bond donors (Lipinski definition) is 1. The van der Waals surface area contributed by atoms with Crippen molar-refractivity contribution in [3.8, 4) is 0 Å². The van der Waals surface area contributed by atoms with Crippen LogP contribution in [0.15, 0.2) is 24.4 Å². The van der Waals surface area contributed by atoms with Gasteiger partial charge in [0.05, 0.1) is 24.4 Å². The van der Waals surface area contributed by atoms with Gasteiger partial charge in [0.1, 0.15) is 0 Å². The van der Waals surface area contributed by atoms with Crippen LogP contribution in [0.5, 0.6) is 0 Å². The molecule has 0 spiro atoms. The second kappa shape index (κ2) is 7.33. The summed E-state index contributed by atoms with van der Waals surface area (Å²) in [4.78, 5) is 27.7. The Hall–Kier alpha value is -2.41. The molecule has 5 fully saturated rings. The van der Waals surface area contributed by atoms with Crippen LogP contribution in [0.4, 0.5) is 5.69 Å². The molecule has 31 heavy (non-hydrogen) atoms. The number of amides is 2. The van der Waals surface area contributed by atoms with Gasteiger partial charge >= 0.3 is 0 Å². The molecule has 2 aromatic heterocycles. The summed E-state index contributed by atoms with van der Waals surface area (Å²) in [5, 5.41) is 7.62. The Morgan fingerprint density at radius 3 is 2.45 bits per heavy atom. The van der Waals surface area contributed by atoms with Gasteiger partial charge in [0.2, 0.25) is 5.91 Å². The molecule has 2 amide bonds. The second-order valence-electron chi connectivity index (χ2n) is 10.3. The molecule has 1 N–H and O–H groups in total. The van der Waals surface area contributed by atoms with E-state index in [9.17, 15) is 9.59 Å². The van der Waals surface area contributed by atoms with Crippen LogP contribution in [0.3, 0.4) is 0 Å². The first-order chi connectivity index (χ1) is 15.1. The van der Waals surface area contributed by atoms with Crippen LogP contribution in [-0.2, 0) is 9.53 Å². The van der Waals surface area contributed by atoms with Crippen LogP contribution in [-0.4, -0.2) is 52.6 Å². The van der Waals surface area contributed by atoms with Gasteiger partial charge in [-0.1, -0.05) is 0 Å². The van der Waals surface area contributed by atoms with E-state index in [-0.39, 0.29) is 17.2 Å². The quantitative estimate of drug-likeness (QED) is 0.820. The van der Waals surface area contributed by atoms with Crippen LogP contribution in [0, 0.1) is 23.2 Å². The minimum absolute atomic E-state index is 0.0853. The Balaban J connectivity index is 1.19. The zero-order chi connectivity index (χ0) is 21.0. The average molecular weight is 423 g/mol. The molecule has 7 rings (SSSR count). The lowest BCUT2D eigenvalue weighted by molar-refractivity contribution is -0.124. The number of morpholine rings is 1. The van der Waals surface area contributed by atoms with E-state index in [0.717, 1.165) is 29.0 Å². The topological polar surface area (TPSA) is 75.9 Å². The van der Waals surface area contributed by atoms with Gasteiger partial charge in [-0.3, -0.25) is 9.59 Å². The zero-order valence-corrected chi connectivity index (χ0v) is 17.9. The van der Waals surface area contributed by atoms with E-state index in [2.05, 4.69) is 10.4 Å². The van der Waals surface area contributed by atoms with Crippen molar-refractivity contribution in [2.24, 2.45) is 23.2 Å². The Morgan fingerprint density at radius 1 is 1.10 bits per heavy atom. The highest BCUT2D eigenvalue weighted by atomic mass is 16.5. The predicted molar refractivity (Wildman–Crippen MR) is 116 cm³/mol. The van der Waals surface area contributed by atoms with E-state index in [4.69, 9.17) is 4.74 Å². The molecule has 1 aliphatic heterocycles. The summed E-state index contributed by atoms with van der Waals surface area (Å²) < 4.78 is 7.03. The fourth-order valence-electron chi connectivity index (χ4n) is 7.20. The Labute approximate surface area is 182 Å². The largest absolute Gasteiger partial charge is 0.378 e. The van der Waals surface area contributed by atoms with Crippen LogP contribution in [0.25, 0.3) is 5.52 Å². The van der Waals surface area contributed by atoms with Crippen molar-refractivity contribution in [3.63, 3.8) is 0 Å². The molecule has 7 heteroatoms. The van der Waals surface area contributed by atoms with Gasteiger partial charge in [0, 0.05) is 25.7 Å². The normalized spacial score (nSPS) is 31.9. The molecular weight excluding hydrogens is 392 g/mol. The molecule has 4 bridgehead atoms. The van der Waals surface area contributed by atoms with Gasteiger partial charge in [-0.2, -0.15) is 5.10 Å². The van der Waals surface area contributed by atoms with Crippen molar-refractivity contribution in [1.82, 2.24) is 14.5 Å². The summed E-state index contributed by atoms with van der Waals surface area (Å²) in [7, 11) is 0. The molecule has 5 aliphatic rings. The van der Waals surface area contributed by atoms with E-state index in [1.54, 1.807) is 15.5 Å². The lowest BCUT2D eigenvalue weighted by Crippen LogP contribution is -2.47. The van der Waals surface area contributed by atoms with Crippen LogP contribution < -0.4 is 5.32 Å². The highest BCUT2D eigenvalue weighted by molar-refractivity contribution is 5.98. The molecule has 2 aromatic rings. The van der Waals surface area contributed by atoms with E-state index < -0.39 is 0 Å². The highest BCUT2D eigenvalue weighted by Crippen LogP contribution is 2.61. The number of fused-ring (bicyclic) bond motifs is 1. The first-order valence-corrected chi connectivity index (χ1v) is 11.7. The van der Waals surface area contributed by atoms with E-state index >= 15 is 0 Å². The number of rotatable bonds is 4. The lowest BCUT2D eigenvalue weighted by Gasteiger charge is -2.56. The van der Waals surface area contributed by atoms with Gasteiger partial charge in [-0.05, 0) is 79.9 Å². The lowest BCUT2D eigenvalue weighted by atomic mass is 9.49. The summed E-state index contributed by atoms with van der Waals surface area (Å²) in [6, 6.07) is 5.55. The fourth-order valence-corrected chi connectivity index (χ4v) is 7.20. The zero-order valence-electron chi connectivity index (χ0n) is 17.9. The molecule has 1 saturated heterocycles.